The number of nitrogens with one attached hydrogen (secondary N) is 1. The van der Waals surface area contributed by atoms with E-state index in [2.05, 4.69) is 10.5 Å². The highest BCUT2D eigenvalue weighted by molar-refractivity contribution is 5.83. The van der Waals surface area contributed by atoms with Crippen molar-refractivity contribution in [2.45, 2.75) is 52.2 Å². The fraction of sp³-hybridized carbons (Fsp3) is 0.381. The van der Waals surface area contributed by atoms with Crippen LogP contribution in [0.1, 0.15) is 48.3 Å². The molecule has 0 spiro atoms. The summed E-state index contributed by atoms with van der Waals surface area (Å²) in [6.07, 6.45) is 1.55. The molecule has 7 heteroatoms. The standard InChI is InChI=1S/C21H22N2O5/c1-11-12(2)21(25)27-19-9-16(6-7-17(11)19)26-13(3)20(24)22-10-15-8-18(28-23-15)14-4-5-14/h6-9,13-14H,4-5,10H2,1-3H3,(H,22,24). The zero-order chi connectivity index (χ0) is 19.8. The van der Waals surface area contributed by atoms with Crippen LogP contribution in [0.4, 0.5) is 0 Å². The average molecular weight is 382 g/mol. The van der Waals surface area contributed by atoms with Gasteiger partial charge in [-0.25, -0.2) is 4.79 Å². The minimum atomic E-state index is -0.717. The molecule has 3 aromatic rings. The lowest BCUT2D eigenvalue weighted by Crippen LogP contribution is -2.35. The second kappa shape index (κ2) is 7.14. The number of carbonyl (C=O) groups excluding carboxylic acids is 1. The van der Waals surface area contributed by atoms with Crippen LogP contribution >= 0.6 is 0 Å². The van der Waals surface area contributed by atoms with E-state index in [-0.39, 0.29) is 18.1 Å². The molecule has 1 saturated carbocycles. The van der Waals surface area contributed by atoms with E-state index in [1.165, 1.54) is 0 Å². The first-order chi connectivity index (χ1) is 13.4. The third-order valence-corrected chi connectivity index (χ3v) is 5.11. The van der Waals surface area contributed by atoms with Crippen LogP contribution in [0.3, 0.4) is 0 Å². The van der Waals surface area contributed by atoms with Gasteiger partial charge < -0.3 is 19.0 Å². The second-order valence-corrected chi connectivity index (χ2v) is 7.27. The monoisotopic (exact) mass is 382 g/mol. The van der Waals surface area contributed by atoms with Gasteiger partial charge in [0, 0.05) is 29.0 Å². The van der Waals surface area contributed by atoms with Gasteiger partial charge in [0.25, 0.3) is 5.91 Å². The third kappa shape index (κ3) is 3.65. The number of fused-ring (bicyclic) bond motifs is 1. The number of hydrogen-bond acceptors (Lipinski definition) is 6. The molecule has 0 saturated heterocycles. The highest BCUT2D eigenvalue weighted by Crippen LogP contribution is 2.40. The maximum Gasteiger partial charge on any atom is 0.339 e. The van der Waals surface area contributed by atoms with Crippen molar-refractivity contribution in [2.75, 3.05) is 0 Å². The van der Waals surface area contributed by atoms with Crippen molar-refractivity contribution in [1.29, 1.82) is 0 Å². The predicted molar refractivity (Wildman–Crippen MR) is 102 cm³/mol. The molecule has 0 bridgehead atoms. The number of aryl methyl sites for hydroxylation is 1. The van der Waals surface area contributed by atoms with Gasteiger partial charge in [-0.1, -0.05) is 5.16 Å². The minimum Gasteiger partial charge on any atom is -0.481 e. The normalized spacial score (nSPS) is 14.8. The lowest BCUT2D eigenvalue weighted by Gasteiger charge is -2.15. The fourth-order valence-electron chi connectivity index (χ4n) is 3.05. The van der Waals surface area contributed by atoms with Crippen LogP contribution < -0.4 is 15.7 Å². The Labute approximate surface area is 161 Å². The summed E-state index contributed by atoms with van der Waals surface area (Å²) in [5.74, 6) is 1.56. The highest BCUT2D eigenvalue weighted by atomic mass is 16.5. The first-order valence-corrected chi connectivity index (χ1v) is 9.36. The summed E-state index contributed by atoms with van der Waals surface area (Å²) in [4.78, 5) is 24.2. The van der Waals surface area contributed by atoms with Gasteiger partial charge in [0.15, 0.2) is 6.10 Å². The number of nitrogens with zero attached hydrogens (tertiary/aromatic N) is 1. The van der Waals surface area contributed by atoms with E-state index in [9.17, 15) is 9.59 Å². The molecule has 2 heterocycles. The van der Waals surface area contributed by atoms with Crippen LogP contribution in [0.25, 0.3) is 11.0 Å². The zero-order valence-corrected chi connectivity index (χ0v) is 16.1. The van der Waals surface area contributed by atoms with Crippen LogP contribution in [-0.2, 0) is 11.3 Å². The molecule has 1 aliphatic carbocycles. The lowest BCUT2D eigenvalue weighted by atomic mass is 10.1. The van der Waals surface area contributed by atoms with E-state index >= 15 is 0 Å². The van der Waals surface area contributed by atoms with Crippen LogP contribution in [0.2, 0.25) is 0 Å². The first-order valence-electron chi connectivity index (χ1n) is 9.36. The molecule has 1 aromatic carbocycles. The van der Waals surface area contributed by atoms with Crippen LogP contribution in [0.15, 0.2) is 38.0 Å². The van der Waals surface area contributed by atoms with E-state index in [1.807, 2.05) is 19.1 Å². The smallest absolute Gasteiger partial charge is 0.339 e. The Hall–Kier alpha value is -3.09. The van der Waals surface area contributed by atoms with Gasteiger partial charge in [0.2, 0.25) is 0 Å². The molecule has 1 fully saturated rings. The van der Waals surface area contributed by atoms with Gasteiger partial charge in [-0.2, -0.15) is 0 Å². The summed E-state index contributed by atoms with van der Waals surface area (Å²) in [7, 11) is 0. The molecular formula is C21H22N2O5. The number of ether oxygens (including phenoxy) is 1. The topological polar surface area (TPSA) is 94.6 Å². The summed E-state index contributed by atoms with van der Waals surface area (Å²) in [5, 5.41) is 7.62. The van der Waals surface area contributed by atoms with Crippen molar-refractivity contribution < 1.29 is 18.5 Å². The Kier molecular flexibility index (Phi) is 4.66. The molecule has 0 aliphatic heterocycles. The molecular weight excluding hydrogens is 360 g/mol. The molecule has 4 rings (SSSR count). The van der Waals surface area contributed by atoms with E-state index in [0.29, 0.717) is 28.5 Å². The Balaban J connectivity index is 1.40. The first kappa shape index (κ1) is 18.3. The van der Waals surface area contributed by atoms with Crippen molar-refractivity contribution in [3.05, 3.63) is 57.3 Å². The maximum absolute atomic E-state index is 12.3. The molecule has 1 N–H and O–H groups in total. The lowest BCUT2D eigenvalue weighted by molar-refractivity contribution is -0.127. The molecule has 1 amide bonds. The predicted octanol–water partition coefficient (Wildman–Crippen LogP) is 3.36. The summed E-state index contributed by atoms with van der Waals surface area (Å²) in [6.45, 7) is 5.56. The number of aromatic nitrogens is 1. The van der Waals surface area contributed by atoms with E-state index in [1.54, 1.807) is 26.0 Å². The molecule has 146 valence electrons. The molecule has 0 radical (unpaired) electrons. The van der Waals surface area contributed by atoms with Gasteiger partial charge in [-0.3, -0.25) is 4.79 Å². The SMILES string of the molecule is Cc1c(C)c2ccc(OC(C)C(=O)NCc3cc(C4CC4)on3)cc2oc1=O. The summed E-state index contributed by atoms with van der Waals surface area (Å²) in [6, 6.07) is 7.11. The minimum absolute atomic E-state index is 0.266. The van der Waals surface area contributed by atoms with Gasteiger partial charge in [-0.15, -0.1) is 0 Å². The Morgan fingerprint density at radius 3 is 2.82 bits per heavy atom. The number of amides is 1. The number of benzene rings is 1. The van der Waals surface area contributed by atoms with E-state index in [4.69, 9.17) is 13.7 Å². The van der Waals surface area contributed by atoms with Gasteiger partial charge >= 0.3 is 5.63 Å². The highest BCUT2D eigenvalue weighted by Gasteiger charge is 2.28. The number of hydrogen-bond donors (Lipinski definition) is 1. The average Bonchev–Trinajstić information content (AvgIpc) is 3.42. The van der Waals surface area contributed by atoms with Crippen LogP contribution in [-0.4, -0.2) is 17.2 Å². The molecule has 1 aliphatic rings. The second-order valence-electron chi connectivity index (χ2n) is 7.27. The van der Waals surface area contributed by atoms with Crippen molar-refractivity contribution in [3.63, 3.8) is 0 Å². The maximum atomic E-state index is 12.3. The van der Waals surface area contributed by atoms with Crippen molar-refractivity contribution >= 4 is 16.9 Å². The van der Waals surface area contributed by atoms with Gasteiger partial charge in [-0.05, 0) is 51.3 Å². The van der Waals surface area contributed by atoms with Gasteiger partial charge in [0.05, 0.1) is 6.54 Å². The largest absolute Gasteiger partial charge is 0.481 e. The molecule has 28 heavy (non-hydrogen) atoms. The number of carbonyl (C=O) groups is 1. The third-order valence-electron chi connectivity index (χ3n) is 5.11. The molecule has 1 unspecified atom stereocenters. The Bertz CT molecular complexity index is 1090. The molecule has 7 nitrogen and oxygen atoms in total. The fourth-order valence-corrected chi connectivity index (χ4v) is 3.05. The number of rotatable bonds is 6. The van der Waals surface area contributed by atoms with Crippen LogP contribution in [0, 0.1) is 13.8 Å². The quantitative estimate of drug-likeness (QED) is 0.657. The van der Waals surface area contributed by atoms with Gasteiger partial charge in [0.1, 0.15) is 22.8 Å². The summed E-state index contributed by atoms with van der Waals surface area (Å²) >= 11 is 0. The van der Waals surface area contributed by atoms with Crippen LogP contribution in [0.5, 0.6) is 5.75 Å². The summed E-state index contributed by atoms with van der Waals surface area (Å²) < 4.78 is 16.3. The zero-order valence-electron chi connectivity index (χ0n) is 16.1. The van der Waals surface area contributed by atoms with Crippen molar-refractivity contribution in [3.8, 4) is 5.75 Å². The Morgan fingerprint density at radius 2 is 2.07 bits per heavy atom. The van der Waals surface area contributed by atoms with E-state index in [0.717, 1.165) is 29.6 Å². The van der Waals surface area contributed by atoms with Crippen molar-refractivity contribution in [1.82, 2.24) is 10.5 Å². The Morgan fingerprint density at radius 1 is 1.29 bits per heavy atom. The van der Waals surface area contributed by atoms with E-state index < -0.39 is 6.10 Å². The summed E-state index contributed by atoms with van der Waals surface area (Å²) in [5.41, 5.74) is 2.23. The molecule has 1 atom stereocenters. The van der Waals surface area contributed by atoms with Crippen molar-refractivity contribution in [2.24, 2.45) is 0 Å². The molecule has 2 aromatic heterocycles.